The lowest BCUT2D eigenvalue weighted by Crippen LogP contribution is -2.42. The number of rotatable bonds is 6. The van der Waals surface area contributed by atoms with E-state index in [0.29, 0.717) is 38.3 Å². The van der Waals surface area contributed by atoms with E-state index in [1.54, 1.807) is 17.3 Å². The van der Waals surface area contributed by atoms with Gasteiger partial charge in [0.05, 0.1) is 5.41 Å². The Hall–Kier alpha value is -2.69. The Labute approximate surface area is 160 Å². The number of primary amides is 1. The number of pyridine rings is 1. The molecule has 1 aromatic heterocycles. The van der Waals surface area contributed by atoms with Crippen molar-refractivity contribution in [1.82, 2.24) is 9.88 Å². The SMILES string of the molecule is CC(C)CC(=O)N1CC[C@](Cc2ccc(-c3ccncc3)cc2)(C(N)=O)C1. The van der Waals surface area contributed by atoms with E-state index in [2.05, 4.69) is 17.1 Å². The lowest BCUT2D eigenvalue weighted by molar-refractivity contribution is -0.132. The number of nitrogens with zero attached hydrogens (tertiary/aromatic N) is 2. The van der Waals surface area contributed by atoms with Crippen LogP contribution < -0.4 is 5.73 Å². The van der Waals surface area contributed by atoms with E-state index in [9.17, 15) is 9.59 Å². The average Bonchev–Trinajstić information content (AvgIpc) is 3.08. The first kappa shape index (κ1) is 19.1. The van der Waals surface area contributed by atoms with Gasteiger partial charge in [0.15, 0.2) is 0 Å². The van der Waals surface area contributed by atoms with Crippen molar-refractivity contribution in [3.05, 3.63) is 54.4 Å². The topological polar surface area (TPSA) is 76.3 Å². The fraction of sp³-hybridized carbons (Fsp3) is 0.409. The highest BCUT2D eigenvalue weighted by Gasteiger charge is 2.44. The molecule has 0 unspecified atom stereocenters. The third-order valence-electron chi connectivity index (χ3n) is 5.32. The van der Waals surface area contributed by atoms with E-state index in [0.717, 1.165) is 16.7 Å². The number of carbonyl (C=O) groups is 2. The number of benzene rings is 1. The van der Waals surface area contributed by atoms with Crippen molar-refractivity contribution in [3.8, 4) is 11.1 Å². The highest BCUT2D eigenvalue weighted by Crippen LogP contribution is 2.35. The van der Waals surface area contributed by atoms with Gasteiger partial charge in [-0.25, -0.2) is 0 Å². The van der Waals surface area contributed by atoms with Crippen LogP contribution in [0.5, 0.6) is 0 Å². The van der Waals surface area contributed by atoms with Gasteiger partial charge in [0.25, 0.3) is 0 Å². The monoisotopic (exact) mass is 365 g/mol. The molecule has 1 fully saturated rings. The van der Waals surface area contributed by atoms with E-state index in [-0.39, 0.29) is 11.8 Å². The Balaban J connectivity index is 1.74. The second-order valence-electron chi connectivity index (χ2n) is 7.92. The molecule has 0 saturated carbocycles. The van der Waals surface area contributed by atoms with Crippen LogP contribution in [0.4, 0.5) is 0 Å². The van der Waals surface area contributed by atoms with Crippen LogP contribution in [0.1, 0.15) is 32.3 Å². The predicted octanol–water partition coefficient (Wildman–Crippen LogP) is 3.04. The summed E-state index contributed by atoms with van der Waals surface area (Å²) in [5, 5.41) is 0. The average molecular weight is 365 g/mol. The lowest BCUT2D eigenvalue weighted by atomic mass is 9.80. The number of nitrogens with two attached hydrogens (primary N) is 1. The number of hydrogen-bond acceptors (Lipinski definition) is 3. The fourth-order valence-electron chi connectivity index (χ4n) is 3.75. The van der Waals surface area contributed by atoms with Gasteiger partial charge in [0.1, 0.15) is 0 Å². The van der Waals surface area contributed by atoms with Crippen molar-refractivity contribution in [3.63, 3.8) is 0 Å². The summed E-state index contributed by atoms with van der Waals surface area (Å²) in [4.78, 5) is 30.5. The molecule has 5 heteroatoms. The molecule has 142 valence electrons. The summed E-state index contributed by atoms with van der Waals surface area (Å²) >= 11 is 0. The zero-order valence-corrected chi connectivity index (χ0v) is 16.0. The lowest BCUT2D eigenvalue weighted by Gasteiger charge is -2.26. The second-order valence-corrected chi connectivity index (χ2v) is 7.92. The largest absolute Gasteiger partial charge is 0.369 e. The molecule has 3 rings (SSSR count). The Morgan fingerprint density at radius 1 is 1.11 bits per heavy atom. The van der Waals surface area contributed by atoms with Crippen molar-refractivity contribution in [2.75, 3.05) is 13.1 Å². The summed E-state index contributed by atoms with van der Waals surface area (Å²) < 4.78 is 0. The van der Waals surface area contributed by atoms with Gasteiger partial charge in [-0.2, -0.15) is 0 Å². The van der Waals surface area contributed by atoms with E-state index in [1.165, 1.54) is 0 Å². The molecule has 0 spiro atoms. The van der Waals surface area contributed by atoms with Gasteiger partial charge >= 0.3 is 0 Å². The molecule has 0 radical (unpaired) electrons. The molecule has 1 aliphatic rings. The highest BCUT2D eigenvalue weighted by molar-refractivity contribution is 5.84. The van der Waals surface area contributed by atoms with E-state index in [1.807, 2.05) is 38.1 Å². The summed E-state index contributed by atoms with van der Waals surface area (Å²) in [5.41, 5.74) is 8.38. The van der Waals surface area contributed by atoms with Crippen molar-refractivity contribution in [1.29, 1.82) is 0 Å². The standard InChI is InChI=1S/C22H27N3O2/c1-16(2)13-20(26)25-12-9-22(15-25,21(23)27)14-17-3-5-18(6-4-17)19-7-10-24-11-8-19/h3-8,10-11,16H,9,12-15H2,1-2H3,(H2,23,27)/t22-/m1/s1. The number of amides is 2. The molecule has 2 N–H and O–H groups in total. The molecule has 27 heavy (non-hydrogen) atoms. The van der Waals surface area contributed by atoms with E-state index < -0.39 is 5.41 Å². The molecule has 5 nitrogen and oxygen atoms in total. The van der Waals surface area contributed by atoms with Crippen LogP contribution in [-0.2, 0) is 16.0 Å². The number of aromatic nitrogens is 1. The zero-order valence-electron chi connectivity index (χ0n) is 16.0. The fourth-order valence-corrected chi connectivity index (χ4v) is 3.75. The van der Waals surface area contributed by atoms with Gasteiger partial charge in [-0.3, -0.25) is 14.6 Å². The second kappa shape index (κ2) is 7.91. The molecule has 1 atom stereocenters. The maximum atomic E-state index is 12.4. The van der Waals surface area contributed by atoms with Gasteiger partial charge in [-0.1, -0.05) is 38.1 Å². The Morgan fingerprint density at radius 3 is 2.33 bits per heavy atom. The first-order chi connectivity index (χ1) is 12.9. The van der Waals surface area contributed by atoms with Crippen LogP contribution in [0, 0.1) is 11.3 Å². The van der Waals surface area contributed by atoms with E-state index in [4.69, 9.17) is 5.73 Å². The maximum Gasteiger partial charge on any atom is 0.225 e. The summed E-state index contributed by atoms with van der Waals surface area (Å²) in [6, 6.07) is 12.1. The smallest absolute Gasteiger partial charge is 0.225 e. The van der Waals surface area contributed by atoms with Crippen molar-refractivity contribution in [2.45, 2.75) is 33.1 Å². The first-order valence-electron chi connectivity index (χ1n) is 9.47. The molecule has 1 saturated heterocycles. The molecule has 2 aromatic rings. The molecule has 0 bridgehead atoms. The van der Waals surface area contributed by atoms with Gasteiger partial charge in [-0.15, -0.1) is 0 Å². The molecule has 2 amide bonds. The third kappa shape index (κ3) is 4.35. The van der Waals surface area contributed by atoms with Gasteiger partial charge in [0, 0.05) is 31.9 Å². The Bertz CT molecular complexity index is 802. The molecular formula is C22H27N3O2. The highest BCUT2D eigenvalue weighted by atomic mass is 16.2. The maximum absolute atomic E-state index is 12.4. The van der Waals surface area contributed by atoms with E-state index >= 15 is 0 Å². The first-order valence-corrected chi connectivity index (χ1v) is 9.47. The van der Waals surface area contributed by atoms with Crippen molar-refractivity contribution >= 4 is 11.8 Å². The Kier molecular flexibility index (Phi) is 5.59. The van der Waals surface area contributed by atoms with Crippen LogP contribution in [0.3, 0.4) is 0 Å². The summed E-state index contributed by atoms with van der Waals surface area (Å²) in [7, 11) is 0. The molecule has 0 aliphatic carbocycles. The number of hydrogen-bond donors (Lipinski definition) is 1. The van der Waals surface area contributed by atoms with Gasteiger partial charge in [-0.05, 0) is 47.6 Å². The van der Waals surface area contributed by atoms with Crippen molar-refractivity contribution < 1.29 is 9.59 Å². The quantitative estimate of drug-likeness (QED) is 0.855. The van der Waals surface area contributed by atoms with Crippen LogP contribution in [0.25, 0.3) is 11.1 Å². The summed E-state index contributed by atoms with van der Waals surface area (Å²) in [6.07, 6.45) is 5.23. The minimum Gasteiger partial charge on any atom is -0.369 e. The minimum absolute atomic E-state index is 0.112. The molecular weight excluding hydrogens is 338 g/mol. The number of carbonyl (C=O) groups excluding carboxylic acids is 2. The molecule has 1 aliphatic heterocycles. The molecule has 1 aromatic carbocycles. The summed E-state index contributed by atoms with van der Waals surface area (Å²) in [5.74, 6) is 0.100. The van der Waals surface area contributed by atoms with Crippen molar-refractivity contribution in [2.24, 2.45) is 17.1 Å². The molecule has 2 heterocycles. The predicted molar refractivity (Wildman–Crippen MR) is 106 cm³/mol. The third-order valence-corrected chi connectivity index (χ3v) is 5.32. The normalized spacial score (nSPS) is 19.4. The van der Waals surface area contributed by atoms with Crippen LogP contribution in [0.2, 0.25) is 0 Å². The van der Waals surface area contributed by atoms with Crippen LogP contribution in [0.15, 0.2) is 48.8 Å². The van der Waals surface area contributed by atoms with Gasteiger partial charge in [0.2, 0.25) is 11.8 Å². The Morgan fingerprint density at radius 2 is 1.74 bits per heavy atom. The van der Waals surface area contributed by atoms with Crippen LogP contribution >= 0.6 is 0 Å². The van der Waals surface area contributed by atoms with Crippen LogP contribution in [-0.4, -0.2) is 34.8 Å². The van der Waals surface area contributed by atoms with Gasteiger partial charge < -0.3 is 10.6 Å². The minimum atomic E-state index is -0.676. The summed E-state index contributed by atoms with van der Waals surface area (Å²) in [6.45, 7) is 5.07. The number of likely N-dealkylation sites (tertiary alicyclic amines) is 1. The zero-order chi connectivity index (χ0) is 19.4.